The Morgan fingerprint density at radius 2 is 1.62 bits per heavy atom. The van der Waals surface area contributed by atoms with Crippen LogP contribution in [0.2, 0.25) is 0 Å². The molecule has 0 radical (unpaired) electrons. The van der Waals surface area contributed by atoms with Gasteiger partial charge in [0.15, 0.2) is 0 Å². The normalized spacial score (nSPS) is 22.9. The Hall–Kier alpha value is -1.90. The highest BCUT2D eigenvalue weighted by Gasteiger charge is 2.24. The summed E-state index contributed by atoms with van der Waals surface area (Å²) in [6, 6.07) is 8.11. The molecule has 1 aliphatic carbocycles. The first-order chi connectivity index (χ1) is 9.97. The summed E-state index contributed by atoms with van der Waals surface area (Å²) in [5, 5.41) is 8.88. The van der Waals surface area contributed by atoms with E-state index in [-0.39, 0.29) is 5.92 Å². The van der Waals surface area contributed by atoms with Crippen molar-refractivity contribution in [3.05, 3.63) is 41.0 Å². The molecule has 1 saturated carbocycles. The Morgan fingerprint density at radius 3 is 2.10 bits per heavy atom. The molecule has 0 atom stereocenters. The standard InChI is InChI=1S/C18H22O3/c1-12(18(20)21)11-14-3-5-16(6-4-14)17-9-7-15(8-10-17)13(2)19/h3-6,11,15,17H,7-10H2,1-2H3,(H,20,21). The van der Waals surface area contributed by atoms with E-state index < -0.39 is 5.97 Å². The van der Waals surface area contributed by atoms with Gasteiger partial charge in [0.2, 0.25) is 0 Å². The van der Waals surface area contributed by atoms with Crippen LogP contribution < -0.4 is 0 Å². The fourth-order valence-corrected chi connectivity index (χ4v) is 3.01. The zero-order chi connectivity index (χ0) is 15.4. The summed E-state index contributed by atoms with van der Waals surface area (Å²) in [5.41, 5.74) is 2.54. The number of carboxylic acid groups (broad SMARTS) is 1. The highest BCUT2D eigenvalue weighted by molar-refractivity contribution is 5.91. The van der Waals surface area contributed by atoms with Crippen LogP contribution in [0.25, 0.3) is 6.08 Å². The summed E-state index contributed by atoms with van der Waals surface area (Å²) in [4.78, 5) is 22.2. The van der Waals surface area contributed by atoms with Crippen LogP contribution in [-0.2, 0) is 9.59 Å². The highest BCUT2D eigenvalue weighted by Crippen LogP contribution is 2.36. The smallest absolute Gasteiger partial charge is 0.331 e. The molecule has 3 nitrogen and oxygen atoms in total. The van der Waals surface area contributed by atoms with E-state index in [1.54, 1.807) is 19.9 Å². The lowest BCUT2D eigenvalue weighted by molar-refractivity contribution is -0.132. The van der Waals surface area contributed by atoms with Gasteiger partial charge in [0.25, 0.3) is 0 Å². The lowest BCUT2D eigenvalue weighted by Gasteiger charge is -2.27. The number of hydrogen-bond acceptors (Lipinski definition) is 2. The number of carbonyl (C=O) groups is 2. The molecular formula is C18H22O3. The number of carbonyl (C=O) groups excluding carboxylic acids is 1. The third-order valence-electron chi connectivity index (χ3n) is 4.43. The molecule has 0 amide bonds. The Bertz CT molecular complexity index is 546. The first-order valence-corrected chi connectivity index (χ1v) is 7.49. The lowest BCUT2D eigenvalue weighted by Crippen LogP contribution is -2.18. The molecule has 0 aliphatic heterocycles. The van der Waals surface area contributed by atoms with Crippen LogP contribution >= 0.6 is 0 Å². The Kier molecular flexibility index (Phi) is 4.94. The first-order valence-electron chi connectivity index (χ1n) is 7.49. The fourth-order valence-electron chi connectivity index (χ4n) is 3.01. The molecule has 1 aromatic carbocycles. The molecule has 1 N–H and O–H groups in total. The summed E-state index contributed by atoms with van der Waals surface area (Å²) < 4.78 is 0. The number of ketones is 1. The van der Waals surface area contributed by atoms with Gasteiger partial charge in [-0.2, -0.15) is 0 Å². The maximum absolute atomic E-state index is 11.4. The average molecular weight is 286 g/mol. The van der Waals surface area contributed by atoms with Crippen molar-refractivity contribution < 1.29 is 14.7 Å². The summed E-state index contributed by atoms with van der Waals surface area (Å²) in [5.74, 6) is 0.209. The van der Waals surface area contributed by atoms with Gasteiger partial charge >= 0.3 is 5.97 Å². The van der Waals surface area contributed by atoms with Gasteiger partial charge in [-0.25, -0.2) is 4.79 Å². The second kappa shape index (κ2) is 6.70. The van der Waals surface area contributed by atoms with Gasteiger partial charge in [0.1, 0.15) is 5.78 Å². The summed E-state index contributed by atoms with van der Waals surface area (Å²) in [7, 11) is 0. The molecule has 3 heteroatoms. The summed E-state index contributed by atoms with van der Waals surface area (Å²) >= 11 is 0. The molecule has 0 saturated heterocycles. The highest BCUT2D eigenvalue weighted by atomic mass is 16.4. The molecule has 0 unspecified atom stereocenters. The van der Waals surface area contributed by atoms with Crippen LogP contribution in [0.3, 0.4) is 0 Å². The number of Topliss-reactive ketones (excluding diaryl/α,β-unsaturated/α-hetero) is 1. The Morgan fingerprint density at radius 1 is 1.05 bits per heavy atom. The molecule has 0 aromatic heterocycles. The number of rotatable bonds is 4. The topological polar surface area (TPSA) is 54.4 Å². The SMILES string of the molecule is CC(=O)C1CCC(c2ccc(C=C(C)C(=O)O)cc2)CC1. The minimum atomic E-state index is -0.887. The van der Waals surface area contributed by atoms with Crippen LogP contribution in [0.5, 0.6) is 0 Å². The number of carboxylic acids is 1. The Labute approximate surface area is 125 Å². The van der Waals surface area contributed by atoms with E-state index in [1.165, 1.54) is 5.56 Å². The minimum absolute atomic E-state index is 0.252. The third-order valence-corrected chi connectivity index (χ3v) is 4.43. The van der Waals surface area contributed by atoms with E-state index in [0.29, 0.717) is 17.3 Å². The van der Waals surface area contributed by atoms with Crippen molar-refractivity contribution in [2.45, 2.75) is 45.4 Å². The van der Waals surface area contributed by atoms with E-state index in [4.69, 9.17) is 5.11 Å². The number of hydrogen-bond donors (Lipinski definition) is 1. The van der Waals surface area contributed by atoms with Crippen molar-refractivity contribution in [1.82, 2.24) is 0 Å². The van der Waals surface area contributed by atoms with Gasteiger partial charge in [-0.15, -0.1) is 0 Å². The molecule has 0 heterocycles. The van der Waals surface area contributed by atoms with Crippen molar-refractivity contribution in [2.24, 2.45) is 5.92 Å². The van der Waals surface area contributed by atoms with Crippen LogP contribution in [0, 0.1) is 5.92 Å². The quantitative estimate of drug-likeness (QED) is 0.850. The van der Waals surface area contributed by atoms with Crippen molar-refractivity contribution >= 4 is 17.8 Å². The van der Waals surface area contributed by atoms with Crippen molar-refractivity contribution in [2.75, 3.05) is 0 Å². The molecule has 1 aromatic rings. The van der Waals surface area contributed by atoms with Gasteiger partial charge in [-0.1, -0.05) is 24.3 Å². The average Bonchev–Trinajstić information content (AvgIpc) is 2.48. The lowest BCUT2D eigenvalue weighted by atomic mass is 9.77. The zero-order valence-electron chi connectivity index (χ0n) is 12.6. The monoisotopic (exact) mass is 286 g/mol. The third kappa shape index (κ3) is 4.03. The predicted octanol–water partition coefficient (Wildman–Crippen LogP) is 4.04. The second-order valence-electron chi connectivity index (χ2n) is 5.96. The maximum atomic E-state index is 11.4. The maximum Gasteiger partial charge on any atom is 0.331 e. The largest absolute Gasteiger partial charge is 0.478 e. The minimum Gasteiger partial charge on any atom is -0.478 e. The van der Waals surface area contributed by atoms with E-state index >= 15 is 0 Å². The molecule has 1 aliphatic rings. The molecule has 112 valence electrons. The van der Waals surface area contributed by atoms with E-state index in [1.807, 2.05) is 12.1 Å². The van der Waals surface area contributed by atoms with E-state index in [9.17, 15) is 9.59 Å². The van der Waals surface area contributed by atoms with Crippen molar-refractivity contribution in [3.63, 3.8) is 0 Å². The second-order valence-corrected chi connectivity index (χ2v) is 5.96. The molecule has 0 spiro atoms. The fraction of sp³-hybridized carbons (Fsp3) is 0.444. The Balaban J connectivity index is 2.02. The molecule has 2 rings (SSSR count). The summed E-state index contributed by atoms with van der Waals surface area (Å²) in [6.07, 6.45) is 5.78. The van der Waals surface area contributed by atoms with Gasteiger partial charge in [-0.05, 0) is 62.7 Å². The molecule has 0 bridgehead atoms. The van der Waals surface area contributed by atoms with Gasteiger partial charge in [0.05, 0.1) is 0 Å². The number of benzene rings is 1. The van der Waals surface area contributed by atoms with Crippen molar-refractivity contribution in [3.8, 4) is 0 Å². The van der Waals surface area contributed by atoms with E-state index in [2.05, 4.69) is 12.1 Å². The molecular weight excluding hydrogens is 264 g/mol. The van der Waals surface area contributed by atoms with E-state index in [0.717, 1.165) is 31.2 Å². The van der Waals surface area contributed by atoms with Crippen molar-refractivity contribution in [1.29, 1.82) is 0 Å². The van der Waals surface area contributed by atoms with Crippen LogP contribution in [0.1, 0.15) is 56.6 Å². The number of aliphatic carboxylic acids is 1. The van der Waals surface area contributed by atoms with Crippen LogP contribution in [0.15, 0.2) is 29.8 Å². The van der Waals surface area contributed by atoms with Gasteiger partial charge in [0, 0.05) is 11.5 Å². The molecule has 1 fully saturated rings. The first kappa shape index (κ1) is 15.5. The summed E-state index contributed by atoms with van der Waals surface area (Å²) in [6.45, 7) is 3.29. The van der Waals surface area contributed by atoms with Gasteiger partial charge in [-0.3, -0.25) is 4.79 Å². The molecule has 21 heavy (non-hydrogen) atoms. The van der Waals surface area contributed by atoms with Crippen LogP contribution in [-0.4, -0.2) is 16.9 Å². The predicted molar refractivity (Wildman–Crippen MR) is 83.1 cm³/mol. The van der Waals surface area contributed by atoms with Gasteiger partial charge < -0.3 is 5.11 Å². The van der Waals surface area contributed by atoms with Crippen LogP contribution in [0.4, 0.5) is 0 Å². The zero-order valence-corrected chi connectivity index (χ0v) is 12.6.